The number of esters is 1. The summed E-state index contributed by atoms with van der Waals surface area (Å²) < 4.78 is 5.00. The normalized spacial score (nSPS) is 22.8. The predicted molar refractivity (Wildman–Crippen MR) is 77.9 cm³/mol. The Morgan fingerprint density at radius 3 is 2.47 bits per heavy atom. The fourth-order valence-electron chi connectivity index (χ4n) is 2.45. The van der Waals surface area contributed by atoms with Crippen LogP contribution < -0.4 is 5.73 Å². The van der Waals surface area contributed by atoms with Gasteiger partial charge in [0.2, 0.25) is 0 Å². The van der Waals surface area contributed by atoms with Crippen LogP contribution in [-0.4, -0.2) is 42.6 Å². The maximum Gasteiger partial charge on any atom is 0.325 e. The van der Waals surface area contributed by atoms with Crippen LogP contribution >= 0.6 is 0 Å². The Labute approximate surface area is 117 Å². The van der Waals surface area contributed by atoms with E-state index in [1.54, 1.807) is 6.92 Å². The van der Waals surface area contributed by atoms with Crippen molar-refractivity contribution in [3.8, 4) is 0 Å². The number of piperidine rings is 1. The van der Waals surface area contributed by atoms with Gasteiger partial charge < -0.3 is 15.4 Å². The maximum atomic E-state index is 11.7. The fourth-order valence-corrected chi connectivity index (χ4v) is 2.45. The lowest BCUT2D eigenvalue weighted by atomic mass is 9.82. The second kappa shape index (κ2) is 6.71. The van der Waals surface area contributed by atoms with Crippen molar-refractivity contribution in [2.45, 2.75) is 58.9 Å². The van der Waals surface area contributed by atoms with E-state index in [0.717, 1.165) is 26.1 Å². The minimum atomic E-state index is -0.842. The molecule has 0 aromatic rings. The van der Waals surface area contributed by atoms with Crippen LogP contribution in [0.2, 0.25) is 0 Å². The zero-order valence-electron chi connectivity index (χ0n) is 13.0. The second-order valence-corrected chi connectivity index (χ2v) is 6.75. The highest BCUT2D eigenvalue weighted by Crippen LogP contribution is 2.29. The van der Waals surface area contributed by atoms with Gasteiger partial charge >= 0.3 is 5.97 Å². The summed E-state index contributed by atoms with van der Waals surface area (Å²) in [5, 5.41) is 0. The zero-order chi connectivity index (χ0) is 14.5. The molecule has 19 heavy (non-hydrogen) atoms. The first-order chi connectivity index (χ1) is 8.77. The number of carbonyl (C=O) groups is 1. The third kappa shape index (κ3) is 5.49. The molecular weight excluding hydrogens is 240 g/mol. The van der Waals surface area contributed by atoms with Gasteiger partial charge in [-0.25, -0.2) is 0 Å². The lowest BCUT2D eigenvalue weighted by molar-refractivity contribution is -0.149. The summed E-state index contributed by atoms with van der Waals surface area (Å²) in [5.41, 5.74) is 5.66. The molecule has 1 rings (SSSR count). The molecule has 0 saturated carbocycles. The van der Waals surface area contributed by atoms with E-state index in [9.17, 15) is 4.79 Å². The highest BCUT2D eigenvalue weighted by Gasteiger charge is 2.30. The number of likely N-dealkylation sites (tertiary alicyclic amines) is 1. The van der Waals surface area contributed by atoms with Crippen LogP contribution in [-0.2, 0) is 9.53 Å². The molecule has 1 unspecified atom stereocenters. The highest BCUT2D eigenvalue weighted by atomic mass is 16.5. The van der Waals surface area contributed by atoms with E-state index < -0.39 is 5.54 Å². The van der Waals surface area contributed by atoms with E-state index in [-0.39, 0.29) is 5.97 Å². The summed E-state index contributed by atoms with van der Waals surface area (Å²) in [5.74, 6) is -0.283. The first kappa shape index (κ1) is 16.4. The average Bonchev–Trinajstić information content (AvgIpc) is 2.31. The van der Waals surface area contributed by atoms with Gasteiger partial charge in [-0.3, -0.25) is 4.79 Å². The monoisotopic (exact) mass is 270 g/mol. The van der Waals surface area contributed by atoms with Crippen molar-refractivity contribution >= 4 is 5.97 Å². The first-order valence-corrected chi connectivity index (χ1v) is 7.45. The third-order valence-electron chi connectivity index (χ3n) is 4.12. The summed E-state index contributed by atoms with van der Waals surface area (Å²) in [4.78, 5) is 14.1. The lowest BCUT2D eigenvalue weighted by Crippen LogP contribution is -2.47. The number of ether oxygens (including phenoxy) is 1. The molecule has 1 aliphatic heterocycles. The second-order valence-electron chi connectivity index (χ2n) is 6.75. The minimum absolute atomic E-state index is 0.283. The van der Waals surface area contributed by atoms with E-state index in [1.807, 2.05) is 6.92 Å². The van der Waals surface area contributed by atoms with Crippen molar-refractivity contribution in [2.24, 2.45) is 11.1 Å². The van der Waals surface area contributed by atoms with Gasteiger partial charge in [-0.05, 0) is 64.6 Å². The molecule has 0 radical (unpaired) electrons. The number of carbonyl (C=O) groups excluding carboxylic acids is 1. The number of nitrogens with two attached hydrogens (primary N) is 1. The molecule has 0 aromatic heterocycles. The summed E-state index contributed by atoms with van der Waals surface area (Å²) in [6.45, 7) is 12.0. The molecule has 1 aliphatic rings. The summed E-state index contributed by atoms with van der Waals surface area (Å²) in [6, 6.07) is 0. The van der Waals surface area contributed by atoms with Gasteiger partial charge in [-0.2, -0.15) is 0 Å². The summed E-state index contributed by atoms with van der Waals surface area (Å²) >= 11 is 0. The summed E-state index contributed by atoms with van der Waals surface area (Å²) in [7, 11) is 0. The van der Waals surface area contributed by atoms with E-state index in [2.05, 4.69) is 18.7 Å². The molecule has 1 saturated heterocycles. The third-order valence-corrected chi connectivity index (χ3v) is 4.12. The van der Waals surface area contributed by atoms with Crippen molar-refractivity contribution < 1.29 is 9.53 Å². The zero-order valence-corrected chi connectivity index (χ0v) is 13.0. The number of nitrogens with zero attached hydrogens (tertiary/aromatic N) is 1. The van der Waals surface area contributed by atoms with Gasteiger partial charge in [0.1, 0.15) is 5.54 Å². The standard InChI is InChI=1S/C15H30N2O2/c1-5-19-13(18)15(4,16)7-6-10-17-11-8-14(2,3)9-12-17/h5-12,16H2,1-4H3. The molecule has 2 N–H and O–H groups in total. The van der Waals surface area contributed by atoms with E-state index >= 15 is 0 Å². The van der Waals surface area contributed by atoms with Crippen LogP contribution in [0.1, 0.15) is 53.4 Å². The molecule has 112 valence electrons. The van der Waals surface area contributed by atoms with Gasteiger partial charge in [0.05, 0.1) is 6.61 Å². The van der Waals surface area contributed by atoms with Crippen LogP contribution in [0.4, 0.5) is 0 Å². The first-order valence-electron chi connectivity index (χ1n) is 7.45. The van der Waals surface area contributed by atoms with Crippen molar-refractivity contribution in [1.82, 2.24) is 4.90 Å². The molecule has 1 heterocycles. The van der Waals surface area contributed by atoms with E-state index in [1.165, 1.54) is 12.8 Å². The Morgan fingerprint density at radius 2 is 1.95 bits per heavy atom. The molecular formula is C15H30N2O2. The molecule has 4 heteroatoms. The lowest BCUT2D eigenvalue weighted by Gasteiger charge is -2.37. The smallest absolute Gasteiger partial charge is 0.325 e. The van der Waals surface area contributed by atoms with Crippen molar-refractivity contribution in [2.75, 3.05) is 26.2 Å². The van der Waals surface area contributed by atoms with Gasteiger partial charge in [0.15, 0.2) is 0 Å². The molecule has 0 aromatic carbocycles. The Bertz CT molecular complexity index is 291. The number of rotatable bonds is 6. The Morgan fingerprint density at radius 1 is 1.37 bits per heavy atom. The maximum absolute atomic E-state index is 11.7. The fraction of sp³-hybridized carbons (Fsp3) is 0.933. The summed E-state index contributed by atoms with van der Waals surface area (Å²) in [6.07, 6.45) is 4.15. The molecule has 4 nitrogen and oxygen atoms in total. The van der Waals surface area contributed by atoms with Crippen LogP contribution in [0.5, 0.6) is 0 Å². The van der Waals surface area contributed by atoms with Gasteiger partial charge in [0, 0.05) is 0 Å². The number of hydrogen-bond acceptors (Lipinski definition) is 4. The van der Waals surface area contributed by atoms with Crippen LogP contribution in [0, 0.1) is 5.41 Å². The molecule has 1 fully saturated rings. The largest absolute Gasteiger partial charge is 0.465 e. The average molecular weight is 270 g/mol. The molecule has 0 amide bonds. The Kier molecular flexibility index (Phi) is 5.81. The van der Waals surface area contributed by atoms with Crippen LogP contribution in [0.3, 0.4) is 0 Å². The van der Waals surface area contributed by atoms with Crippen molar-refractivity contribution in [1.29, 1.82) is 0 Å². The Hall–Kier alpha value is -0.610. The minimum Gasteiger partial charge on any atom is -0.465 e. The van der Waals surface area contributed by atoms with Gasteiger partial charge in [-0.1, -0.05) is 13.8 Å². The van der Waals surface area contributed by atoms with E-state index in [4.69, 9.17) is 10.5 Å². The SMILES string of the molecule is CCOC(=O)C(C)(N)CCCN1CCC(C)(C)CC1. The van der Waals surface area contributed by atoms with E-state index in [0.29, 0.717) is 18.4 Å². The molecule has 0 bridgehead atoms. The molecule has 1 atom stereocenters. The number of hydrogen-bond donors (Lipinski definition) is 1. The molecule has 0 spiro atoms. The predicted octanol–water partition coefficient (Wildman–Crippen LogP) is 2.17. The van der Waals surface area contributed by atoms with Gasteiger partial charge in [0.25, 0.3) is 0 Å². The highest BCUT2D eigenvalue weighted by molar-refractivity contribution is 5.79. The Balaban J connectivity index is 2.25. The van der Waals surface area contributed by atoms with Crippen molar-refractivity contribution in [3.63, 3.8) is 0 Å². The molecule has 0 aliphatic carbocycles. The quantitative estimate of drug-likeness (QED) is 0.752. The van der Waals surface area contributed by atoms with Crippen LogP contribution in [0.25, 0.3) is 0 Å². The van der Waals surface area contributed by atoms with Gasteiger partial charge in [-0.15, -0.1) is 0 Å². The van der Waals surface area contributed by atoms with Crippen molar-refractivity contribution in [3.05, 3.63) is 0 Å². The topological polar surface area (TPSA) is 55.6 Å². The van der Waals surface area contributed by atoms with Crippen LogP contribution in [0.15, 0.2) is 0 Å².